The molecule has 1 N–H and O–H groups in total. The van der Waals surface area contributed by atoms with Crippen molar-refractivity contribution in [3.8, 4) is 5.69 Å². The van der Waals surface area contributed by atoms with E-state index in [1.54, 1.807) is 0 Å². The van der Waals surface area contributed by atoms with Crippen molar-refractivity contribution in [2.24, 2.45) is 0 Å². The molecule has 3 aromatic carbocycles. The summed E-state index contributed by atoms with van der Waals surface area (Å²) in [4.78, 5) is 12.6. The van der Waals surface area contributed by atoms with Crippen molar-refractivity contribution in [2.75, 3.05) is 5.32 Å². The van der Waals surface area contributed by atoms with Crippen LogP contribution in [0.4, 0.5) is 5.69 Å². The summed E-state index contributed by atoms with van der Waals surface area (Å²) in [7, 11) is 0. The van der Waals surface area contributed by atoms with E-state index in [-0.39, 0.29) is 5.91 Å². The molecule has 0 aliphatic heterocycles. The number of carbonyl (C=O) groups is 1. The quantitative estimate of drug-likeness (QED) is 0.576. The van der Waals surface area contributed by atoms with Gasteiger partial charge in [0.1, 0.15) is 0 Å². The number of fused-ring (bicyclic) bond motifs is 1. The lowest BCUT2D eigenvalue weighted by molar-refractivity contribution is 0.102. The molecule has 1 amide bonds. The van der Waals surface area contributed by atoms with E-state index in [2.05, 4.69) is 10.4 Å². The van der Waals surface area contributed by atoms with Crippen LogP contribution in [0.1, 0.15) is 21.7 Å². The molecule has 0 radical (unpaired) electrons. The normalized spacial score (nSPS) is 10.8. The van der Waals surface area contributed by atoms with Gasteiger partial charge in [-0.1, -0.05) is 36.4 Å². The Balaban J connectivity index is 1.59. The number of aromatic nitrogens is 2. The van der Waals surface area contributed by atoms with Crippen molar-refractivity contribution in [3.05, 3.63) is 89.7 Å². The summed E-state index contributed by atoms with van der Waals surface area (Å²) in [5.74, 6) is -0.124. The van der Waals surface area contributed by atoms with E-state index in [4.69, 9.17) is 0 Å². The van der Waals surface area contributed by atoms with Gasteiger partial charge in [-0.15, -0.1) is 0 Å². The van der Waals surface area contributed by atoms with Crippen LogP contribution in [-0.2, 0) is 0 Å². The molecule has 0 bridgehead atoms. The molecule has 0 aliphatic carbocycles. The number of nitrogens with zero attached hydrogens (tertiary/aromatic N) is 2. The Hall–Kier alpha value is -3.40. The summed E-state index contributed by atoms with van der Waals surface area (Å²) in [6.07, 6.45) is 0. The molecule has 26 heavy (non-hydrogen) atoms. The zero-order valence-corrected chi connectivity index (χ0v) is 14.7. The molecule has 0 fully saturated rings. The van der Waals surface area contributed by atoms with Gasteiger partial charge >= 0.3 is 0 Å². The van der Waals surface area contributed by atoms with Crippen LogP contribution in [-0.4, -0.2) is 15.7 Å². The van der Waals surface area contributed by atoms with Crippen molar-refractivity contribution in [3.63, 3.8) is 0 Å². The summed E-state index contributed by atoms with van der Waals surface area (Å²) in [6, 6.07) is 23.4. The van der Waals surface area contributed by atoms with E-state index in [1.165, 1.54) is 0 Å². The van der Waals surface area contributed by atoms with Crippen LogP contribution < -0.4 is 5.32 Å². The number of benzene rings is 3. The van der Waals surface area contributed by atoms with Crippen molar-refractivity contribution < 1.29 is 4.79 Å². The first kappa shape index (κ1) is 16.1. The van der Waals surface area contributed by atoms with E-state index >= 15 is 0 Å². The third kappa shape index (κ3) is 2.97. The van der Waals surface area contributed by atoms with E-state index in [0.717, 1.165) is 33.5 Å². The lowest BCUT2D eigenvalue weighted by Gasteiger charge is -2.10. The lowest BCUT2D eigenvalue weighted by Crippen LogP contribution is -2.12. The fraction of sp³-hybridized carbons (Fsp3) is 0.0909. The molecule has 1 heterocycles. The average Bonchev–Trinajstić information content (AvgIpc) is 3.00. The number of nitrogens with one attached hydrogen (secondary N) is 1. The fourth-order valence-electron chi connectivity index (χ4n) is 3.17. The summed E-state index contributed by atoms with van der Waals surface area (Å²) in [5, 5.41) is 9.62. The minimum Gasteiger partial charge on any atom is -0.321 e. The second-order valence-electron chi connectivity index (χ2n) is 6.37. The Morgan fingerprint density at radius 3 is 2.38 bits per heavy atom. The van der Waals surface area contributed by atoms with Gasteiger partial charge in [0.2, 0.25) is 0 Å². The molecule has 0 aliphatic rings. The fourth-order valence-corrected chi connectivity index (χ4v) is 3.17. The minimum absolute atomic E-state index is 0.124. The number of rotatable bonds is 3. The van der Waals surface area contributed by atoms with Gasteiger partial charge in [0.25, 0.3) is 5.91 Å². The molecule has 0 atom stereocenters. The summed E-state index contributed by atoms with van der Waals surface area (Å²) in [6.45, 7) is 3.98. The smallest absolute Gasteiger partial charge is 0.255 e. The number of hydrogen-bond donors (Lipinski definition) is 1. The Bertz CT molecular complexity index is 1090. The number of aryl methyl sites for hydroxylation is 2. The molecular formula is C22H19N3O. The number of hydrogen-bond acceptors (Lipinski definition) is 2. The summed E-state index contributed by atoms with van der Waals surface area (Å²) >= 11 is 0. The van der Waals surface area contributed by atoms with Crippen LogP contribution in [0, 0.1) is 13.8 Å². The highest BCUT2D eigenvalue weighted by Gasteiger charge is 2.09. The first-order chi connectivity index (χ1) is 12.6. The predicted octanol–water partition coefficient (Wildman–Crippen LogP) is 4.89. The molecule has 0 unspecified atom stereocenters. The molecule has 4 heteroatoms. The molecular weight excluding hydrogens is 322 g/mol. The Morgan fingerprint density at radius 2 is 1.65 bits per heavy atom. The number of amides is 1. The van der Waals surface area contributed by atoms with Gasteiger partial charge in [-0.05, 0) is 55.6 Å². The first-order valence-corrected chi connectivity index (χ1v) is 8.55. The molecule has 0 saturated heterocycles. The maximum Gasteiger partial charge on any atom is 0.255 e. The number of carbonyl (C=O) groups excluding carboxylic acids is 1. The third-order valence-corrected chi connectivity index (χ3v) is 4.42. The van der Waals surface area contributed by atoms with Crippen molar-refractivity contribution in [1.29, 1.82) is 0 Å². The van der Waals surface area contributed by atoms with Crippen molar-refractivity contribution in [1.82, 2.24) is 9.78 Å². The van der Waals surface area contributed by atoms with Crippen LogP contribution in [0.3, 0.4) is 0 Å². The lowest BCUT2D eigenvalue weighted by atomic mass is 10.1. The highest BCUT2D eigenvalue weighted by atomic mass is 16.1. The predicted molar refractivity (Wildman–Crippen MR) is 105 cm³/mol. The van der Waals surface area contributed by atoms with E-state index < -0.39 is 0 Å². The van der Waals surface area contributed by atoms with Crippen LogP contribution in [0.25, 0.3) is 16.5 Å². The highest BCUT2D eigenvalue weighted by Crippen LogP contribution is 2.23. The molecule has 0 spiro atoms. The third-order valence-electron chi connectivity index (χ3n) is 4.42. The number of anilines is 1. The van der Waals surface area contributed by atoms with E-state index in [1.807, 2.05) is 91.3 Å². The second kappa shape index (κ2) is 6.48. The van der Waals surface area contributed by atoms with Crippen LogP contribution in [0.15, 0.2) is 72.8 Å². The molecule has 4 nitrogen and oxygen atoms in total. The van der Waals surface area contributed by atoms with E-state index in [0.29, 0.717) is 5.56 Å². The van der Waals surface area contributed by atoms with Crippen molar-refractivity contribution >= 4 is 22.4 Å². The van der Waals surface area contributed by atoms with Gasteiger partial charge in [-0.25, -0.2) is 4.68 Å². The Morgan fingerprint density at radius 1 is 0.923 bits per heavy atom. The topological polar surface area (TPSA) is 46.9 Å². The Kier molecular flexibility index (Phi) is 4.01. The Labute approximate surface area is 152 Å². The van der Waals surface area contributed by atoms with Crippen LogP contribution in [0.2, 0.25) is 0 Å². The standard InChI is InChI=1S/C22H19N3O/c1-15-14-16(2)25(24-15)19-12-10-18(11-13-19)22(26)23-21-9-5-7-17-6-3-4-8-20(17)21/h3-14H,1-2H3,(H,23,26). The molecule has 1 aromatic heterocycles. The van der Waals surface area contributed by atoms with Gasteiger partial charge in [-0.2, -0.15) is 5.10 Å². The maximum atomic E-state index is 12.6. The summed E-state index contributed by atoms with van der Waals surface area (Å²) < 4.78 is 1.88. The monoisotopic (exact) mass is 341 g/mol. The molecule has 0 saturated carbocycles. The molecule has 4 rings (SSSR count). The maximum absolute atomic E-state index is 12.6. The zero-order valence-electron chi connectivity index (χ0n) is 14.7. The van der Waals surface area contributed by atoms with Gasteiger partial charge in [0.15, 0.2) is 0 Å². The SMILES string of the molecule is Cc1cc(C)n(-c2ccc(C(=O)Nc3cccc4ccccc34)cc2)n1. The minimum atomic E-state index is -0.124. The molecule has 4 aromatic rings. The van der Waals surface area contributed by atoms with Gasteiger partial charge in [0, 0.05) is 22.3 Å². The zero-order chi connectivity index (χ0) is 18.1. The largest absolute Gasteiger partial charge is 0.321 e. The first-order valence-electron chi connectivity index (χ1n) is 8.55. The van der Waals surface area contributed by atoms with E-state index in [9.17, 15) is 4.79 Å². The van der Waals surface area contributed by atoms with Crippen LogP contribution in [0.5, 0.6) is 0 Å². The van der Waals surface area contributed by atoms with Gasteiger partial charge in [0.05, 0.1) is 11.4 Å². The average molecular weight is 341 g/mol. The van der Waals surface area contributed by atoms with Gasteiger partial charge < -0.3 is 5.32 Å². The summed E-state index contributed by atoms with van der Waals surface area (Å²) in [5.41, 5.74) is 4.41. The second-order valence-corrected chi connectivity index (χ2v) is 6.37. The van der Waals surface area contributed by atoms with Gasteiger partial charge in [-0.3, -0.25) is 4.79 Å². The van der Waals surface area contributed by atoms with Crippen LogP contribution >= 0.6 is 0 Å². The van der Waals surface area contributed by atoms with Crippen molar-refractivity contribution in [2.45, 2.75) is 13.8 Å². The molecule has 128 valence electrons. The highest BCUT2D eigenvalue weighted by molar-refractivity contribution is 6.09.